The molecule has 0 aliphatic rings. The van der Waals surface area contributed by atoms with Gasteiger partial charge < -0.3 is 5.32 Å². The summed E-state index contributed by atoms with van der Waals surface area (Å²) in [6.07, 6.45) is 2.09. The molecule has 0 atom stereocenters. The zero-order valence-corrected chi connectivity index (χ0v) is 13.0. The first-order valence-corrected chi connectivity index (χ1v) is 6.90. The average Bonchev–Trinajstić information content (AvgIpc) is 2.27. The summed E-state index contributed by atoms with van der Waals surface area (Å²) < 4.78 is 13.6. The molecule has 0 aromatic heterocycles. The average molecular weight is 263 g/mol. The van der Waals surface area contributed by atoms with Gasteiger partial charge in [-0.15, -0.1) is 0 Å². The lowest BCUT2D eigenvalue weighted by molar-refractivity contribution is 0.437. The largest absolute Gasteiger partial charge is 0.308 e. The zero-order valence-electron chi connectivity index (χ0n) is 13.0. The fraction of sp³-hybridized carbons (Fsp3) is 0.529. The topological polar surface area (TPSA) is 12.0 Å². The van der Waals surface area contributed by atoms with Crippen molar-refractivity contribution in [1.82, 2.24) is 5.32 Å². The molecule has 0 saturated carbocycles. The molecule has 1 rings (SSSR count). The molecule has 1 N–H and O–H groups in total. The summed E-state index contributed by atoms with van der Waals surface area (Å²) in [4.78, 5) is 0. The first kappa shape index (κ1) is 15.9. The van der Waals surface area contributed by atoms with Crippen LogP contribution >= 0.6 is 0 Å². The highest BCUT2D eigenvalue weighted by Crippen LogP contribution is 2.17. The first-order valence-electron chi connectivity index (χ1n) is 6.90. The van der Waals surface area contributed by atoms with E-state index in [1.165, 1.54) is 5.57 Å². The smallest absolute Gasteiger partial charge is 0.126 e. The van der Waals surface area contributed by atoms with Gasteiger partial charge in [0.05, 0.1) is 0 Å². The highest BCUT2D eigenvalue weighted by molar-refractivity contribution is 5.54. The Morgan fingerprint density at radius 1 is 1.32 bits per heavy atom. The molecular formula is C17H26FN. The van der Waals surface area contributed by atoms with Crippen LogP contribution in [0.2, 0.25) is 0 Å². The van der Waals surface area contributed by atoms with Crippen LogP contribution in [0.25, 0.3) is 6.08 Å². The molecule has 0 spiro atoms. The summed E-state index contributed by atoms with van der Waals surface area (Å²) in [7, 11) is 0. The molecule has 2 heteroatoms. The van der Waals surface area contributed by atoms with Gasteiger partial charge in [0.25, 0.3) is 0 Å². The molecule has 0 bridgehead atoms. The lowest BCUT2D eigenvalue weighted by Gasteiger charge is -2.23. The van der Waals surface area contributed by atoms with Crippen LogP contribution in [0, 0.1) is 18.7 Å². The monoisotopic (exact) mass is 263 g/mol. The van der Waals surface area contributed by atoms with E-state index in [1.807, 2.05) is 12.1 Å². The summed E-state index contributed by atoms with van der Waals surface area (Å²) in [5, 5.41) is 3.49. The standard InChI is InChI=1S/C17H26FN/c1-12(2)15(11-19-17(4,5)6)9-14-8-7-13(3)16(18)10-14/h7-10,12,19H,11H2,1-6H3. The van der Waals surface area contributed by atoms with Crippen LogP contribution in [-0.4, -0.2) is 12.1 Å². The number of nitrogens with one attached hydrogen (secondary N) is 1. The Kier molecular flexibility index (Phi) is 5.30. The van der Waals surface area contributed by atoms with Gasteiger partial charge >= 0.3 is 0 Å². The minimum Gasteiger partial charge on any atom is -0.308 e. The molecule has 0 aliphatic carbocycles. The summed E-state index contributed by atoms with van der Waals surface area (Å²) >= 11 is 0. The van der Waals surface area contributed by atoms with E-state index >= 15 is 0 Å². The number of hydrogen-bond donors (Lipinski definition) is 1. The minimum atomic E-state index is -0.138. The van der Waals surface area contributed by atoms with Crippen LogP contribution in [0.5, 0.6) is 0 Å². The summed E-state index contributed by atoms with van der Waals surface area (Å²) in [5.74, 6) is 0.305. The molecule has 1 nitrogen and oxygen atoms in total. The highest BCUT2D eigenvalue weighted by atomic mass is 19.1. The van der Waals surface area contributed by atoms with Crippen molar-refractivity contribution in [2.75, 3.05) is 6.54 Å². The van der Waals surface area contributed by atoms with E-state index in [0.29, 0.717) is 11.5 Å². The molecule has 0 saturated heterocycles. The normalized spacial score (nSPS) is 13.2. The Hall–Kier alpha value is -1.15. The number of benzene rings is 1. The van der Waals surface area contributed by atoms with E-state index in [1.54, 1.807) is 13.0 Å². The molecule has 0 radical (unpaired) electrons. The molecule has 1 aromatic carbocycles. The molecule has 0 unspecified atom stereocenters. The van der Waals surface area contributed by atoms with Crippen LogP contribution in [0.1, 0.15) is 45.7 Å². The van der Waals surface area contributed by atoms with E-state index in [4.69, 9.17) is 0 Å². The van der Waals surface area contributed by atoms with Gasteiger partial charge in [-0.25, -0.2) is 4.39 Å². The maximum Gasteiger partial charge on any atom is 0.126 e. The maximum atomic E-state index is 13.6. The quantitative estimate of drug-likeness (QED) is 0.839. The van der Waals surface area contributed by atoms with Crippen molar-refractivity contribution in [1.29, 1.82) is 0 Å². The number of hydrogen-bond acceptors (Lipinski definition) is 1. The first-order chi connectivity index (χ1) is 8.69. The molecule has 0 aliphatic heterocycles. The van der Waals surface area contributed by atoms with Crippen molar-refractivity contribution in [3.63, 3.8) is 0 Å². The van der Waals surface area contributed by atoms with Crippen LogP contribution in [0.3, 0.4) is 0 Å². The van der Waals surface area contributed by atoms with Gasteiger partial charge in [-0.1, -0.05) is 37.6 Å². The number of rotatable bonds is 4. The van der Waals surface area contributed by atoms with Crippen molar-refractivity contribution >= 4 is 6.08 Å². The highest BCUT2D eigenvalue weighted by Gasteiger charge is 2.11. The van der Waals surface area contributed by atoms with Gasteiger partial charge in [-0.3, -0.25) is 0 Å². The van der Waals surface area contributed by atoms with Crippen molar-refractivity contribution in [2.24, 2.45) is 5.92 Å². The Morgan fingerprint density at radius 2 is 1.95 bits per heavy atom. The molecule has 0 amide bonds. The Morgan fingerprint density at radius 3 is 2.42 bits per heavy atom. The summed E-state index contributed by atoms with van der Waals surface area (Å²) in [6, 6.07) is 5.41. The van der Waals surface area contributed by atoms with Gasteiger partial charge in [0.15, 0.2) is 0 Å². The van der Waals surface area contributed by atoms with E-state index in [2.05, 4.69) is 46.0 Å². The third-order valence-electron chi connectivity index (χ3n) is 3.11. The summed E-state index contributed by atoms with van der Waals surface area (Å²) in [6.45, 7) is 13.4. The van der Waals surface area contributed by atoms with Crippen molar-refractivity contribution in [3.05, 3.63) is 40.7 Å². The lowest BCUT2D eigenvalue weighted by Crippen LogP contribution is -2.37. The predicted molar refractivity (Wildman–Crippen MR) is 81.7 cm³/mol. The second kappa shape index (κ2) is 6.33. The molecule has 0 fully saturated rings. The van der Waals surface area contributed by atoms with Crippen LogP contribution in [0.4, 0.5) is 4.39 Å². The SMILES string of the molecule is Cc1ccc(C=C(CNC(C)(C)C)C(C)C)cc1F. The van der Waals surface area contributed by atoms with E-state index in [0.717, 1.165) is 12.1 Å². The fourth-order valence-corrected chi connectivity index (χ4v) is 1.70. The van der Waals surface area contributed by atoms with E-state index in [9.17, 15) is 4.39 Å². The number of halogens is 1. The molecule has 0 heterocycles. The second-order valence-electron chi connectivity index (χ2n) is 6.49. The predicted octanol–water partition coefficient (Wildman–Crippen LogP) is 4.56. The van der Waals surface area contributed by atoms with Gasteiger partial charge in [0.1, 0.15) is 5.82 Å². The Balaban J connectivity index is 2.91. The third-order valence-corrected chi connectivity index (χ3v) is 3.11. The zero-order chi connectivity index (χ0) is 14.6. The second-order valence-corrected chi connectivity index (χ2v) is 6.49. The fourth-order valence-electron chi connectivity index (χ4n) is 1.70. The third kappa shape index (κ3) is 5.56. The lowest BCUT2D eigenvalue weighted by atomic mass is 9.98. The molecular weight excluding hydrogens is 237 g/mol. The molecule has 19 heavy (non-hydrogen) atoms. The molecule has 1 aromatic rings. The molecule has 106 valence electrons. The van der Waals surface area contributed by atoms with Crippen molar-refractivity contribution in [2.45, 2.75) is 47.1 Å². The van der Waals surface area contributed by atoms with Crippen LogP contribution in [0.15, 0.2) is 23.8 Å². The maximum absolute atomic E-state index is 13.6. The minimum absolute atomic E-state index is 0.0898. The van der Waals surface area contributed by atoms with Gasteiger partial charge in [0.2, 0.25) is 0 Å². The number of aryl methyl sites for hydroxylation is 1. The van der Waals surface area contributed by atoms with Gasteiger partial charge in [-0.2, -0.15) is 0 Å². The van der Waals surface area contributed by atoms with Crippen molar-refractivity contribution in [3.8, 4) is 0 Å². The Labute approximate surface area is 116 Å². The van der Waals surface area contributed by atoms with Crippen LogP contribution < -0.4 is 5.32 Å². The van der Waals surface area contributed by atoms with Gasteiger partial charge in [0, 0.05) is 12.1 Å². The summed E-state index contributed by atoms with van der Waals surface area (Å²) in [5.41, 5.74) is 3.00. The van der Waals surface area contributed by atoms with Gasteiger partial charge in [-0.05, 0) is 50.8 Å². The van der Waals surface area contributed by atoms with Crippen molar-refractivity contribution < 1.29 is 4.39 Å². The van der Waals surface area contributed by atoms with Crippen LogP contribution in [-0.2, 0) is 0 Å². The Bertz CT molecular complexity index is 453. The van der Waals surface area contributed by atoms with E-state index in [-0.39, 0.29) is 11.4 Å². The van der Waals surface area contributed by atoms with E-state index < -0.39 is 0 Å².